The van der Waals surface area contributed by atoms with Crippen LogP contribution in [0.3, 0.4) is 0 Å². The van der Waals surface area contributed by atoms with Gasteiger partial charge in [0.25, 0.3) is 0 Å². The van der Waals surface area contributed by atoms with E-state index in [0.717, 1.165) is 25.0 Å². The van der Waals surface area contributed by atoms with Crippen LogP contribution >= 0.6 is 11.3 Å². The highest BCUT2D eigenvalue weighted by Gasteiger charge is 2.24. The van der Waals surface area contributed by atoms with E-state index in [1.807, 2.05) is 6.07 Å². The summed E-state index contributed by atoms with van der Waals surface area (Å²) in [6.07, 6.45) is 4.31. The van der Waals surface area contributed by atoms with Gasteiger partial charge >= 0.3 is 0 Å². The van der Waals surface area contributed by atoms with Crippen molar-refractivity contribution in [2.24, 2.45) is 0 Å². The molecule has 1 aliphatic heterocycles. The molecule has 0 N–H and O–H groups in total. The lowest BCUT2D eigenvalue weighted by Crippen LogP contribution is -2.39. The molecular formula is C16H20N2OS. The molecule has 1 atom stereocenters. The molecule has 2 aromatic rings. The number of carbonyl (C=O) groups excluding carboxylic acids is 1. The topological polar surface area (TPSA) is 33.2 Å². The maximum atomic E-state index is 11.4. The Hall–Kier alpha value is -1.26. The van der Waals surface area contributed by atoms with E-state index in [0.29, 0.717) is 18.2 Å². The predicted molar refractivity (Wildman–Crippen MR) is 83.0 cm³/mol. The van der Waals surface area contributed by atoms with E-state index in [-0.39, 0.29) is 0 Å². The Labute approximate surface area is 123 Å². The van der Waals surface area contributed by atoms with Crippen molar-refractivity contribution in [3.8, 4) is 0 Å². The van der Waals surface area contributed by atoms with Crippen molar-refractivity contribution in [1.29, 1.82) is 0 Å². The van der Waals surface area contributed by atoms with Gasteiger partial charge in [0, 0.05) is 12.5 Å². The first-order valence-corrected chi connectivity index (χ1v) is 8.12. The summed E-state index contributed by atoms with van der Waals surface area (Å²) in [4.78, 5) is 18.6. The van der Waals surface area contributed by atoms with Gasteiger partial charge in [0.15, 0.2) is 0 Å². The van der Waals surface area contributed by atoms with Gasteiger partial charge in [0.2, 0.25) is 0 Å². The molecule has 1 saturated heterocycles. The number of hydrogen-bond acceptors (Lipinski definition) is 4. The van der Waals surface area contributed by atoms with Crippen LogP contribution in [0.4, 0.5) is 0 Å². The van der Waals surface area contributed by atoms with Gasteiger partial charge in [-0.2, -0.15) is 0 Å². The Morgan fingerprint density at radius 2 is 2.25 bits per heavy atom. The molecule has 1 aromatic carbocycles. The summed E-state index contributed by atoms with van der Waals surface area (Å²) in [6, 6.07) is 8.70. The lowest BCUT2D eigenvalue weighted by atomic mass is 9.98. The third-order valence-electron chi connectivity index (χ3n) is 3.95. The molecule has 2 heterocycles. The number of benzene rings is 1. The van der Waals surface area contributed by atoms with Crippen molar-refractivity contribution in [3.63, 3.8) is 0 Å². The number of rotatable bonds is 4. The molecule has 1 aliphatic rings. The van der Waals surface area contributed by atoms with Crippen LogP contribution in [-0.4, -0.2) is 28.3 Å². The van der Waals surface area contributed by atoms with E-state index in [1.54, 1.807) is 18.3 Å². The average Bonchev–Trinajstić information content (AvgIpc) is 2.82. The minimum Gasteiger partial charge on any atom is -0.300 e. The smallest absolute Gasteiger partial charge is 0.131 e. The highest BCUT2D eigenvalue weighted by molar-refractivity contribution is 7.18. The summed E-state index contributed by atoms with van der Waals surface area (Å²) < 4.78 is 1.25. The molecule has 0 spiro atoms. The molecule has 0 aliphatic carbocycles. The average molecular weight is 288 g/mol. The Kier molecular flexibility index (Phi) is 4.13. The Balaban J connectivity index is 1.75. The van der Waals surface area contributed by atoms with Crippen LogP contribution in [0.2, 0.25) is 0 Å². The van der Waals surface area contributed by atoms with E-state index in [4.69, 9.17) is 4.98 Å². The number of hydrogen-bond donors (Lipinski definition) is 0. The Morgan fingerprint density at radius 3 is 3.05 bits per heavy atom. The monoisotopic (exact) mass is 288 g/mol. The van der Waals surface area contributed by atoms with Gasteiger partial charge in [0.05, 0.1) is 16.8 Å². The van der Waals surface area contributed by atoms with Crippen molar-refractivity contribution in [3.05, 3.63) is 29.3 Å². The van der Waals surface area contributed by atoms with Gasteiger partial charge in [-0.25, -0.2) is 4.98 Å². The Morgan fingerprint density at radius 1 is 1.40 bits per heavy atom. The minimum atomic E-state index is 0.297. The second kappa shape index (κ2) is 6.02. The number of piperidine rings is 1. The van der Waals surface area contributed by atoms with Crippen molar-refractivity contribution in [2.45, 2.75) is 45.2 Å². The fraction of sp³-hybridized carbons (Fsp3) is 0.500. The summed E-state index contributed by atoms with van der Waals surface area (Å²) in [7, 11) is 0. The highest BCUT2D eigenvalue weighted by atomic mass is 32.1. The lowest BCUT2D eigenvalue weighted by molar-refractivity contribution is -0.118. The first-order chi connectivity index (χ1) is 9.72. The molecule has 0 saturated carbocycles. The quantitative estimate of drug-likeness (QED) is 0.861. The highest BCUT2D eigenvalue weighted by Crippen LogP contribution is 2.26. The first-order valence-electron chi connectivity index (χ1n) is 7.30. The second-order valence-electron chi connectivity index (χ2n) is 5.60. The fourth-order valence-corrected chi connectivity index (χ4v) is 3.99. The van der Waals surface area contributed by atoms with Crippen LogP contribution in [0, 0.1) is 0 Å². The SMILES string of the molecule is CC(=O)CC1CCCCN1Cc1nc2ccccc2s1. The minimum absolute atomic E-state index is 0.297. The number of carbonyl (C=O) groups is 1. The Bertz CT molecular complexity index is 574. The van der Waals surface area contributed by atoms with Crippen LogP contribution in [0.1, 0.15) is 37.6 Å². The molecule has 4 heteroatoms. The van der Waals surface area contributed by atoms with Gasteiger partial charge in [-0.3, -0.25) is 9.69 Å². The molecule has 0 bridgehead atoms. The lowest BCUT2D eigenvalue weighted by Gasteiger charge is -2.34. The number of likely N-dealkylation sites (tertiary alicyclic amines) is 1. The number of fused-ring (bicyclic) bond motifs is 1. The van der Waals surface area contributed by atoms with Crippen molar-refractivity contribution < 1.29 is 4.79 Å². The molecule has 1 fully saturated rings. The summed E-state index contributed by atoms with van der Waals surface area (Å²) in [5.74, 6) is 0.297. The van der Waals surface area contributed by atoms with Gasteiger partial charge in [-0.05, 0) is 38.4 Å². The maximum absolute atomic E-state index is 11.4. The van der Waals surface area contributed by atoms with Gasteiger partial charge in [-0.15, -0.1) is 11.3 Å². The van der Waals surface area contributed by atoms with Gasteiger partial charge in [0.1, 0.15) is 10.8 Å². The first kappa shape index (κ1) is 13.7. The molecule has 20 heavy (non-hydrogen) atoms. The van der Waals surface area contributed by atoms with Crippen LogP contribution in [0.15, 0.2) is 24.3 Å². The predicted octanol–water partition coefficient (Wildman–Crippen LogP) is 3.63. The van der Waals surface area contributed by atoms with Crippen molar-refractivity contribution in [1.82, 2.24) is 9.88 Å². The number of aromatic nitrogens is 1. The number of para-hydroxylation sites is 1. The number of ketones is 1. The molecule has 3 rings (SSSR count). The second-order valence-corrected chi connectivity index (χ2v) is 6.72. The van der Waals surface area contributed by atoms with E-state index < -0.39 is 0 Å². The normalized spacial score (nSPS) is 20.4. The standard InChI is InChI=1S/C16H20N2OS/c1-12(19)10-13-6-4-5-9-18(13)11-16-17-14-7-2-3-8-15(14)20-16/h2-3,7-8,13H,4-6,9-11H2,1H3. The molecule has 1 aromatic heterocycles. The van der Waals surface area contributed by atoms with Gasteiger partial charge in [-0.1, -0.05) is 18.6 Å². The van der Waals surface area contributed by atoms with E-state index in [2.05, 4.69) is 23.1 Å². The number of nitrogens with zero attached hydrogens (tertiary/aromatic N) is 2. The van der Waals surface area contributed by atoms with Crippen LogP contribution in [-0.2, 0) is 11.3 Å². The molecule has 0 amide bonds. The molecule has 0 radical (unpaired) electrons. The third-order valence-corrected chi connectivity index (χ3v) is 4.97. The van der Waals surface area contributed by atoms with Crippen LogP contribution in [0.5, 0.6) is 0 Å². The van der Waals surface area contributed by atoms with Crippen LogP contribution in [0.25, 0.3) is 10.2 Å². The zero-order chi connectivity index (χ0) is 13.9. The zero-order valence-electron chi connectivity index (χ0n) is 11.8. The molecule has 3 nitrogen and oxygen atoms in total. The van der Waals surface area contributed by atoms with Gasteiger partial charge < -0.3 is 0 Å². The molecular weight excluding hydrogens is 268 g/mol. The van der Waals surface area contributed by atoms with Crippen molar-refractivity contribution in [2.75, 3.05) is 6.54 Å². The third kappa shape index (κ3) is 3.07. The van der Waals surface area contributed by atoms with E-state index in [1.165, 1.54) is 22.5 Å². The van der Waals surface area contributed by atoms with Crippen LogP contribution < -0.4 is 0 Å². The summed E-state index contributed by atoms with van der Waals surface area (Å²) in [5.41, 5.74) is 1.09. The van der Waals surface area contributed by atoms with E-state index in [9.17, 15) is 4.79 Å². The van der Waals surface area contributed by atoms with E-state index >= 15 is 0 Å². The van der Waals surface area contributed by atoms with Crippen molar-refractivity contribution >= 4 is 27.3 Å². The number of Topliss-reactive ketones (excluding diaryl/α,β-unsaturated/α-hetero) is 1. The molecule has 106 valence electrons. The summed E-state index contributed by atoms with van der Waals surface area (Å²) >= 11 is 1.77. The number of thiazole rings is 1. The maximum Gasteiger partial charge on any atom is 0.131 e. The molecule has 1 unspecified atom stereocenters. The fourth-order valence-electron chi connectivity index (χ4n) is 2.99. The summed E-state index contributed by atoms with van der Waals surface area (Å²) in [6.45, 7) is 3.68. The zero-order valence-corrected chi connectivity index (χ0v) is 12.7. The summed E-state index contributed by atoms with van der Waals surface area (Å²) in [5, 5.41) is 1.17. The largest absolute Gasteiger partial charge is 0.300 e.